The van der Waals surface area contributed by atoms with Crippen molar-refractivity contribution in [3.63, 3.8) is 0 Å². The van der Waals surface area contributed by atoms with E-state index in [1.54, 1.807) is 0 Å². The number of nitrogens with zero attached hydrogens (tertiary/aromatic N) is 2. The number of carbonyl (C=O) groups is 1. The minimum atomic E-state index is -1.25. The van der Waals surface area contributed by atoms with Gasteiger partial charge in [0.2, 0.25) is 0 Å². The molecule has 1 heterocycles. The van der Waals surface area contributed by atoms with Gasteiger partial charge in [-0.25, -0.2) is 4.79 Å². The summed E-state index contributed by atoms with van der Waals surface area (Å²) in [5.74, 6) is 0. The van der Waals surface area contributed by atoms with Crippen molar-refractivity contribution in [3.8, 4) is 0 Å². The molecule has 82 valence electrons. The Morgan fingerprint density at radius 2 is 2.21 bits per heavy atom. The molecule has 0 atom stereocenters. The van der Waals surface area contributed by atoms with Crippen molar-refractivity contribution in [2.45, 2.75) is 0 Å². The monoisotopic (exact) mass is 202 g/mol. The summed E-state index contributed by atoms with van der Waals surface area (Å²) in [5, 5.41) is 7.50. The summed E-state index contributed by atoms with van der Waals surface area (Å²) in [6, 6.07) is 0. The Morgan fingerprint density at radius 3 is 2.50 bits per heavy atom. The molecule has 0 aliphatic carbocycles. The standard InChI is InChI=1S/C7H14N2.C2H4O3/c1-3-4-9-6-5-8(2)7-9;1-5-2(3)4/h3H,1,4-7H2,2H3;1H3,(H,3,4). The number of likely N-dealkylation sites (N-methyl/N-ethyl adjacent to an activating group) is 1. The molecular formula is C9H18N2O3. The molecule has 1 saturated heterocycles. The topological polar surface area (TPSA) is 53.0 Å². The number of rotatable bonds is 2. The van der Waals surface area contributed by atoms with Crippen LogP contribution in [0.2, 0.25) is 0 Å². The minimum absolute atomic E-state index is 1.03. The van der Waals surface area contributed by atoms with E-state index in [-0.39, 0.29) is 0 Å². The van der Waals surface area contributed by atoms with E-state index in [1.165, 1.54) is 13.1 Å². The van der Waals surface area contributed by atoms with Gasteiger partial charge < -0.3 is 9.84 Å². The zero-order valence-electron chi connectivity index (χ0n) is 8.77. The first-order valence-corrected chi connectivity index (χ1v) is 4.38. The molecule has 0 bridgehead atoms. The highest BCUT2D eigenvalue weighted by Crippen LogP contribution is 1.99. The average Bonchev–Trinajstić information content (AvgIpc) is 2.53. The van der Waals surface area contributed by atoms with Gasteiger partial charge >= 0.3 is 6.16 Å². The molecule has 14 heavy (non-hydrogen) atoms. The van der Waals surface area contributed by atoms with Gasteiger partial charge in [-0.2, -0.15) is 0 Å². The van der Waals surface area contributed by atoms with E-state index in [2.05, 4.69) is 28.2 Å². The molecule has 1 N–H and O–H groups in total. The normalized spacial score (nSPS) is 17.0. The van der Waals surface area contributed by atoms with Crippen LogP contribution in [0.5, 0.6) is 0 Å². The van der Waals surface area contributed by atoms with E-state index < -0.39 is 6.16 Å². The molecule has 0 aromatic heterocycles. The lowest BCUT2D eigenvalue weighted by molar-refractivity contribution is 0.114. The molecule has 0 amide bonds. The second-order valence-electron chi connectivity index (χ2n) is 3.06. The fourth-order valence-corrected chi connectivity index (χ4v) is 1.13. The third kappa shape index (κ3) is 6.45. The molecule has 5 nitrogen and oxygen atoms in total. The average molecular weight is 202 g/mol. The van der Waals surface area contributed by atoms with Crippen molar-refractivity contribution < 1.29 is 14.6 Å². The van der Waals surface area contributed by atoms with E-state index in [9.17, 15) is 0 Å². The van der Waals surface area contributed by atoms with Crippen molar-refractivity contribution in [2.24, 2.45) is 0 Å². The lowest BCUT2D eigenvalue weighted by Crippen LogP contribution is -2.22. The largest absolute Gasteiger partial charge is 0.505 e. The van der Waals surface area contributed by atoms with Gasteiger partial charge in [0.25, 0.3) is 0 Å². The summed E-state index contributed by atoms with van der Waals surface area (Å²) in [5.41, 5.74) is 0. The third-order valence-corrected chi connectivity index (χ3v) is 1.80. The number of hydrogen-bond donors (Lipinski definition) is 1. The van der Waals surface area contributed by atoms with Crippen LogP contribution in [0, 0.1) is 0 Å². The Bertz CT molecular complexity index is 185. The summed E-state index contributed by atoms with van der Waals surface area (Å²) < 4.78 is 3.67. The van der Waals surface area contributed by atoms with Crippen LogP contribution in [0.15, 0.2) is 12.7 Å². The lowest BCUT2D eigenvalue weighted by Gasteiger charge is -2.11. The smallest absolute Gasteiger partial charge is 0.450 e. The molecule has 0 spiro atoms. The minimum Gasteiger partial charge on any atom is -0.450 e. The Morgan fingerprint density at radius 1 is 1.64 bits per heavy atom. The summed E-state index contributed by atoms with van der Waals surface area (Å²) in [6.45, 7) is 8.22. The third-order valence-electron chi connectivity index (χ3n) is 1.80. The van der Waals surface area contributed by atoms with Gasteiger partial charge in [-0.05, 0) is 7.05 Å². The Labute approximate surface area is 84.6 Å². The van der Waals surface area contributed by atoms with Crippen molar-refractivity contribution in [1.82, 2.24) is 9.80 Å². The summed E-state index contributed by atoms with van der Waals surface area (Å²) in [6.07, 6.45) is 0.712. The molecule has 1 aliphatic rings. The maximum atomic E-state index is 9.15. The molecule has 5 heteroatoms. The lowest BCUT2D eigenvalue weighted by atomic mass is 10.5. The molecule has 1 fully saturated rings. The van der Waals surface area contributed by atoms with E-state index in [0.717, 1.165) is 20.3 Å². The zero-order valence-corrected chi connectivity index (χ0v) is 8.77. The van der Waals surface area contributed by atoms with Crippen molar-refractivity contribution in [1.29, 1.82) is 0 Å². The maximum absolute atomic E-state index is 9.15. The number of hydrogen-bond acceptors (Lipinski definition) is 4. The highest BCUT2D eigenvalue weighted by atomic mass is 16.6. The number of methoxy groups -OCH3 is 1. The molecule has 0 saturated carbocycles. The first-order valence-electron chi connectivity index (χ1n) is 4.38. The summed E-state index contributed by atoms with van der Waals surface area (Å²) >= 11 is 0. The van der Waals surface area contributed by atoms with Crippen LogP contribution in [-0.4, -0.2) is 61.5 Å². The van der Waals surface area contributed by atoms with E-state index in [0.29, 0.717) is 0 Å². The number of ether oxygens (including phenoxy) is 1. The summed E-state index contributed by atoms with van der Waals surface area (Å²) in [4.78, 5) is 13.8. The summed E-state index contributed by atoms with van der Waals surface area (Å²) in [7, 11) is 3.24. The van der Waals surface area contributed by atoms with Gasteiger partial charge in [-0.3, -0.25) is 9.80 Å². The maximum Gasteiger partial charge on any atom is 0.505 e. The Hall–Kier alpha value is -1.07. The van der Waals surface area contributed by atoms with Gasteiger partial charge in [0, 0.05) is 19.6 Å². The predicted octanol–water partition coefficient (Wildman–Crippen LogP) is 0.688. The van der Waals surface area contributed by atoms with Gasteiger partial charge in [0.15, 0.2) is 0 Å². The molecule has 1 aliphatic heterocycles. The highest BCUT2D eigenvalue weighted by molar-refractivity contribution is 5.56. The van der Waals surface area contributed by atoms with Crippen molar-refractivity contribution in [3.05, 3.63) is 12.7 Å². The molecule has 0 radical (unpaired) electrons. The molecular weight excluding hydrogens is 184 g/mol. The Balaban J connectivity index is 0.000000292. The van der Waals surface area contributed by atoms with E-state index in [4.69, 9.17) is 9.90 Å². The van der Waals surface area contributed by atoms with E-state index >= 15 is 0 Å². The SMILES string of the molecule is C=CCN1CCN(C)C1.COC(=O)O. The first kappa shape index (κ1) is 12.9. The zero-order chi connectivity index (χ0) is 11.0. The van der Waals surface area contributed by atoms with Crippen molar-refractivity contribution >= 4 is 6.16 Å². The fourth-order valence-electron chi connectivity index (χ4n) is 1.13. The van der Waals surface area contributed by atoms with Gasteiger partial charge in [0.1, 0.15) is 0 Å². The van der Waals surface area contributed by atoms with Crippen LogP contribution < -0.4 is 0 Å². The predicted molar refractivity (Wildman–Crippen MR) is 54.3 cm³/mol. The molecule has 0 aromatic carbocycles. The van der Waals surface area contributed by atoms with Gasteiger partial charge in [0.05, 0.1) is 13.8 Å². The highest BCUT2D eigenvalue weighted by Gasteiger charge is 2.13. The van der Waals surface area contributed by atoms with Gasteiger partial charge in [-0.15, -0.1) is 6.58 Å². The molecule has 0 aromatic rings. The van der Waals surface area contributed by atoms with E-state index in [1.807, 2.05) is 6.08 Å². The van der Waals surface area contributed by atoms with Crippen LogP contribution in [0.25, 0.3) is 0 Å². The van der Waals surface area contributed by atoms with Crippen LogP contribution in [0.4, 0.5) is 4.79 Å². The quantitative estimate of drug-likeness (QED) is 0.527. The first-order chi connectivity index (χ1) is 6.60. The van der Waals surface area contributed by atoms with Crippen LogP contribution >= 0.6 is 0 Å². The molecule has 1 rings (SSSR count). The van der Waals surface area contributed by atoms with Crippen LogP contribution in [-0.2, 0) is 4.74 Å². The second kappa shape index (κ2) is 7.34. The van der Waals surface area contributed by atoms with Gasteiger partial charge in [-0.1, -0.05) is 6.08 Å². The van der Waals surface area contributed by atoms with Crippen LogP contribution in [0.1, 0.15) is 0 Å². The number of carboxylic acid groups (broad SMARTS) is 1. The fraction of sp³-hybridized carbons (Fsp3) is 0.667. The second-order valence-corrected chi connectivity index (χ2v) is 3.06. The molecule has 0 unspecified atom stereocenters. The Kier molecular flexibility index (Phi) is 6.78. The van der Waals surface area contributed by atoms with Crippen LogP contribution in [0.3, 0.4) is 0 Å². The van der Waals surface area contributed by atoms with Crippen molar-refractivity contribution in [2.75, 3.05) is 40.5 Å².